The van der Waals surface area contributed by atoms with Crippen LogP contribution in [-0.2, 0) is 9.47 Å². The van der Waals surface area contributed by atoms with E-state index in [4.69, 9.17) is 15.3 Å². The molecule has 0 spiro atoms. The standard InChI is InChI=1S/C6H12N2O2.C2H3N/c1-9-6-10-5-4-8-3-2-7;1-2-3/h8H,3-6H2,1H3;1H3. The Labute approximate surface area is 78.9 Å². The lowest BCUT2D eigenvalue weighted by molar-refractivity contribution is -0.0287. The number of methoxy groups -OCH3 is 1. The van der Waals surface area contributed by atoms with Gasteiger partial charge in [-0.1, -0.05) is 0 Å². The molecule has 0 amide bonds. The average molecular weight is 185 g/mol. The Hall–Kier alpha value is -1.14. The van der Waals surface area contributed by atoms with Crippen LogP contribution in [-0.4, -0.2) is 33.6 Å². The molecular weight excluding hydrogens is 170 g/mol. The highest BCUT2D eigenvalue weighted by Gasteiger charge is 1.84. The quantitative estimate of drug-likeness (QED) is 0.364. The number of ether oxygens (including phenoxy) is 2. The molecule has 74 valence electrons. The molecule has 5 heteroatoms. The lowest BCUT2D eigenvalue weighted by atomic mass is 10.6. The highest BCUT2D eigenvalue weighted by atomic mass is 16.7. The molecule has 0 aromatic rings. The summed E-state index contributed by atoms with van der Waals surface area (Å²) in [6.45, 7) is 3.39. The number of rotatable bonds is 6. The van der Waals surface area contributed by atoms with E-state index in [1.807, 2.05) is 6.07 Å². The van der Waals surface area contributed by atoms with Crippen molar-refractivity contribution in [3.05, 3.63) is 0 Å². The maximum Gasteiger partial charge on any atom is 0.146 e. The Bertz CT molecular complexity index is 160. The van der Waals surface area contributed by atoms with E-state index in [1.165, 1.54) is 6.92 Å². The summed E-state index contributed by atoms with van der Waals surface area (Å²) in [5.74, 6) is 0. The zero-order valence-electron chi connectivity index (χ0n) is 8.04. The van der Waals surface area contributed by atoms with Crippen molar-refractivity contribution >= 4 is 0 Å². The van der Waals surface area contributed by atoms with E-state index < -0.39 is 0 Å². The van der Waals surface area contributed by atoms with E-state index >= 15 is 0 Å². The van der Waals surface area contributed by atoms with E-state index in [0.29, 0.717) is 26.5 Å². The van der Waals surface area contributed by atoms with E-state index in [1.54, 1.807) is 13.2 Å². The largest absolute Gasteiger partial charge is 0.359 e. The van der Waals surface area contributed by atoms with Crippen molar-refractivity contribution in [3.63, 3.8) is 0 Å². The molecule has 0 atom stereocenters. The average Bonchev–Trinajstić information content (AvgIpc) is 2.13. The second kappa shape index (κ2) is 17.1. The van der Waals surface area contributed by atoms with Crippen LogP contribution in [0.15, 0.2) is 0 Å². The van der Waals surface area contributed by atoms with Gasteiger partial charge in [-0.15, -0.1) is 0 Å². The fraction of sp³-hybridized carbons (Fsp3) is 0.750. The third-order valence-corrected chi connectivity index (χ3v) is 0.828. The van der Waals surface area contributed by atoms with Gasteiger partial charge in [-0.2, -0.15) is 10.5 Å². The van der Waals surface area contributed by atoms with Crippen LogP contribution in [0, 0.1) is 22.7 Å². The summed E-state index contributed by atoms with van der Waals surface area (Å²) in [6, 6.07) is 3.71. The van der Waals surface area contributed by atoms with Gasteiger partial charge in [0.15, 0.2) is 0 Å². The summed E-state index contributed by atoms with van der Waals surface area (Å²) < 4.78 is 9.57. The van der Waals surface area contributed by atoms with Gasteiger partial charge in [-0.05, 0) is 0 Å². The van der Waals surface area contributed by atoms with Gasteiger partial charge in [0.25, 0.3) is 0 Å². The minimum atomic E-state index is 0.314. The van der Waals surface area contributed by atoms with E-state index in [9.17, 15) is 0 Å². The van der Waals surface area contributed by atoms with Crippen molar-refractivity contribution in [2.45, 2.75) is 6.92 Å². The van der Waals surface area contributed by atoms with Gasteiger partial charge < -0.3 is 14.8 Å². The van der Waals surface area contributed by atoms with Gasteiger partial charge in [0.05, 0.1) is 25.3 Å². The molecule has 0 heterocycles. The second-order valence-electron chi connectivity index (χ2n) is 1.87. The summed E-state index contributed by atoms with van der Waals surface area (Å²) in [6.07, 6.45) is 0. The van der Waals surface area contributed by atoms with Crippen molar-refractivity contribution in [3.8, 4) is 12.1 Å². The normalized spacial score (nSPS) is 7.69. The van der Waals surface area contributed by atoms with Gasteiger partial charge in [0, 0.05) is 20.6 Å². The first-order chi connectivity index (χ1) is 6.33. The number of hydrogen-bond acceptors (Lipinski definition) is 5. The summed E-state index contributed by atoms with van der Waals surface area (Å²) in [4.78, 5) is 0. The van der Waals surface area contributed by atoms with Crippen LogP contribution >= 0.6 is 0 Å². The summed E-state index contributed by atoms with van der Waals surface area (Å²) in [7, 11) is 1.57. The smallest absolute Gasteiger partial charge is 0.146 e. The van der Waals surface area contributed by atoms with Crippen molar-refractivity contribution in [2.24, 2.45) is 0 Å². The molecule has 0 rings (SSSR count). The Balaban J connectivity index is 0. The molecular formula is C8H15N3O2. The zero-order valence-corrected chi connectivity index (χ0v) is 8.04. The van der Waals surface area contributed by atoms with Gasteiger partial charge in [-0.3, -0.25) is 0 Å². The first-order valence-corrected chi connectivity index (χ1v) is 3.78. The lowest BCUT2D eigenvalue weighted by Crippen LogP contribution is -2.20. The zero-order chi connectivity index (χ0) is 10.4. The summed E-state index contributed by atoms with van der Waals surface area (Å²) >= 11 is 0. The molecule has 0 aliphatic rings. The molecule has 0 aliphatic carbocycles. The molecule has 13 heavy (non-hydrogen) atoms. The van der Waals surface area contributed by atoms with Crippen molar-refractivity contribution in [1.82, 2.24) is 5.32 Å². The van der Waals surface area contributed by atoms with E-state index in [0.717, 1.165) is 0 Å². The van der Waals surface area contributed by atoms with Gasteiger partial charge in [0.2, 0.25) is 0 Å². The van der Waals surface area contributed by atoms with Crippen LogP contribution in [0.2, 0.25) is 0 Å². The Morgan fingerprint density at radius 2 is 2.00 bits per heavy atom. The second-order valence-corrected chi connectivity index (χ2v) is 1.87. The Kier molecular flexibility index (Phi) is 18.9. The molecule has 0 radical (unpaired) electrons. The third-order valence-electron chi connectivity index (χ3n) is 0.828. The van der Waals surface area contributed by atoms with E-state index in [2.05, 4.69) is 10.1 Å². The Morgan fingerprint density at radius 3 is 2.46 bits per heavy atom. The lowest BCUT2D eigenvalue weighted by Gasteiger charge is -2.00. The van der Waals surface area contributed by atoms with Crippen LogP contribution in [0.25, 0.3) is 0 Å². The Morgan fingerprint density at radius 1 is 1.38 bits per heavy atom. The van der Waals surface area contributed by atoms with Crippen LogP contribution < -0.4 is 5.32 Å². The topological polar surface area (TPSA) is 78.1 Å². The molecule has 0 bridgehead atoms. The number of nitriles is 2. The van der Waals surface area contributed by atoms with Crippen LogP contribution in [0.5, 0.6) is 0 Å². The first kappa shape index (κ1) is 14.4. The molecule has 0 unspecified atom stereocenters. The highest BCUT2D eigenvalue weighted by molar-refractivity contribution is 4.71. The SMILES string of the molecule is CC#N.COCOCCNCC#N. The highest BCUT2D eigenvalue weighted by Crippen LogP contribution is 1.71. The number of nitrogens with one attached hydrogen (secondary N) is 1. The van der Waals surface area contributed by atoms with E-state index in [-0.39, 0.29) is 0 Å². The maximum absolute atomic E-state index is 8.09. The first-order valence-electron chi connectivity index (χ1n) is 3.78. The minimum Gasteiger partial charge on any atom is -0.359 e. The van der Waals surface area contributed by atoms with Crippen molar-refractivity contribution in [1.29, 1.82) is 10.5 Å². The number of nitrogens with zero attached hydrogens (tertiary/aromatic N) is 2. The maximum atomic E-state index is 8.09. The predicted octanol–water partition coefficient (Wildman–Crippen LogP) is 0.250. The monoisotopic (exact) mass is 185 g/mol. The fourth-order valence-electron chi connectivity index (χ4n) is 0.431. The molecule has 0 saturated carbocycles. The van der Waals surface area contributed by atoms with Gasteiger partial charge in [0.1, 0.15) is 6.79 Å². The van der Waals surface area contributed by atoms with Crippen LogP contribution in [0.3, 0.4) is 0 Å². The molecule has 0 aromatic heterocycles. The summed E-state index contributed by atoms with van der Waals surface area (Å²) in [5, 5.41) is 18.3. The van der Waals surface area contributed by atoms with Crippen LogP contribution in [0.4, 0.5) is 0 Å². The molecule has 0 saturated heterocycles. The molecule has 0 fully saturated rings. The number of hydrogen-bond donors (Lipinski definition) is 1. The van der Waals surface area contributed by atoms with Gasteiger partial charge in [-0.25, -0.2) is 0 Å². The fourth-order valence-corrected chi connectivity index (χ4v) is 0.431. The molecule has 0 aromatic carbocycles. The van der Waals surface area contributed by atoms with Gasteiger partial charge >= 0.3 is 0 Å². The van der Waals surface area contributed by atoms with Crippen LogP contribution in [0.1, 0.15) is 6.92 Å². The van der Waals surface area contributed by atoms with Crippen molar-refractivity contribution < 1.29 is 9.47 Å². The molecule has 1 N–H and O–H groups in total. The third kappa shape index (κ3) is 24.8. The van der Waals surface area contributed by atoms with Crippen molar-refractivity contribution in [2.75, 3.05) is 33.6 Å². The molecule has 5 nitrogen and oxygen atoms in total. The summed E-state index contributed by atoms with van der Waals surface area (Å²) in [5.41, 5.74) is 0. The minimum absolute atomic E-state index is 0.314. The predicted molar refractivity (Wildman–Crippen MR) is 47.6 cm³/mol. The molecule has 0 aliphatic heterocycles.